The van der Waals surface area contributed by atoms with Crippen molar-refractivity contribution in [3.63, 3.8) is 0 Å². The predicted octanol–water partition coefficient (Wildman–Crippen LogP) is 2.85. The maximum atomic E-state index is 12.3. The minimum Gasteiger partial charge on any atom is -0.451 e. The molecule has 0 aliphatic carbocycles. The molecule has 0 aliphatic rings. The Balaban J connectivity index is 2.46. The number of hydrogen-bond donors (Lipinski definition) is 1. The molecule has 1 unspecified atom stereocenters. The van der Waals surface area contributed by atoms with Crippen LogP contribution in [0.4, 0.5) is 0 Å². The van der Waals surface area contributed by atoms with Gasteiger partial charge in [-0.25, -0.2) is 0 Å². The second-order valence-electron chi connectivity index (χ2n) is 4.64. The number of aliphatic hydroxyl groups excluding tert-OH is 1. The molecule has 1 N–H and O–H groups in total. The van der Waals surface area contributed by atoms with Crippen LogP contribution < -0.4 is 0 Å². The van der Waals surface area contributed by atoms with Gasteiger partial charge in [-0.2, -0.15) is 0 Å². The molecule has 4 nitrogen and oxygen atoms in total. The van der Waals surface area contributed by atoms with Gasteiger partial charge in [-0.3, -0.25) is 4.79 Å². The molecule has 0 spiro atoms. The van der Waals surface area contributed by atoms with E-state index in [2.05, 4.69) is 0 Å². The van der Waals surface area contributed by atoms with Crippen molar-refractivity contribution in [1.82, 2.24) is 4.90 Å². The lowest BCUT2D eigenvalue weighted by Crippen LogP contribution is -2.37. The van der Waals surface area contributed by atoms with E-state index in [1.54, 1.807) is 32.2 Å². The monoisotopic (exact) mass is 281 g/mol. The standard InChI is InChI=1S/C14H16ClNO3/c1-8(7-17)16(3)14(18)13-9(2)11-6-10(15)4-5-12(11)19-13/h4-6,8,17H,7H2,1-3H3. The molecular weight excluding hydrogens is 266 g/mol. The van der Waals surface area contributed by atoms with E-state index in [9.17, 15) is 4.79 Å². The first-order valence-corrected chi connectivity index (χ1v) is 6.40. The van der Waals surface area contributed by atoms with Gasteiger partial charge < -0.3 is 14.4 Å². The molecule has 0 saturated carbocycles. The van der Waals surface area contributed by atoms with Crippen molar-refractivity contribution in [2.24, 2.45) is 0 Å². The molecule has 0 aliphatic heterocycles. The molecule has 2 aromatic rings. The highest BCUT2D eigenvalue weighted by atomic mass is 35.5. The van der Waals surface area contributed by atoms with Gasteiger partial charge in [0.2, 0.25) is 0 Å². The molecule has 2 rings (SSSR count). The zero-order chi connectivity index (χ0) is 14.2. The van der Waals surface area contributed by atoms with E-state index in [-0.39, 0.29) is 18.6 Å². The number of amides is 1. The smallest absolute Gasteiger partial charge is 0.289 e. The summed E-state index contributed by atoms with van der Waals surface area (Å²) in [6.07, 6.45) is 0. The quantitative estimate of drug-likeness (QED) is 0.941. The van der Waals surface area contributed by atoms with Crippen LogP contribution in [-0.2, 0) is 0 Å². The third-order valence-electron chi connectivity index (χ3n) is 3.34. The van der Waals surface area contributed by atoms with Crippen LogP contribution in [0.15, 0.2) is 22.6 Å². The minimum atomic E-state index is -0.260. The Labute approximate surface area is 116 Å². The third-order valence-corrected chi connectivity index (χ3v) is 3.57. The molecule has 1 amide bonds. The zero-order valence-corrected chi connectivity index (χ0v) is 11.9. The van der Waals surface area contributed by atoms with Crippen LogP contribution in [0.25, 0.3) is 11.0 Å². The maximum absolute atomic E-state index is 12.3. The Bertz CT molecular complexity index is 620. The van der Waals surface area contributed by atoms with Crippen LogP contribution in [-0.4, -0.2) is 35.6 Å². The zero-order valence-electron chi connectivity index (χ0n) is 11.1. The Kier molecular flexibility index (Phi) is 3.83. The van der Waals surface area contributed by atoms with Crippen LogP contribution in [0.5, 0.6) is 0 Å². The number of carbonyl (C=O) groups excluding carboxylic acids is 1. The van der Waals surface area contributed by atoms with Crippen molar-refractivity contribution < 1.29 is 14.3 Å². The normalized spacial score (nSPS) is 12.7. The van der Waals surface area contributed by atoms with E-state index in [1.165, 1.54) is 4.90 Å². The SMILES string of the molecule is Cc1c(C(=O)N(C)C(C)CO)oc2ccc(Cl)cc12. The van der Waals surface area contributed by atoms with Crippen molar-refractivity contribution in [2.75, 3.05) is 13.7 Å². The Morgan fingerprint density at radius 2 is 2.21 bits per heavy atom. The fraction of sp³-hybridized carbons (Fsp3) is 0.357. The van der Waals surface area contributed by atoms with Gasteiger partial charge in [0.15, 0.2) is 5.76 Å². The van der Waals surface area contributed by atoms with E-state index in [4.69, 9.17) is 21.1 Å². The highest BCUT2D eigenvalue weighted by Gasteiger charge is 2.23. The maximum Gasteiger partial charge on any atom is 0.289 e. The largest absolute Gasteiger partial charge is 0.451 e. The van der Waals surface area contributed by atoms with Crippen LogP contribution in [0.1, 0.15) is 23.0 Å². The molecule has 19 heavy (non-hydrogen) atoms. The predicted molar refractivity (Wildman–Crippen MR) is 74.6 cm³/mol. The van der Waals surface area contributed by atoms with Crippen LogP contribution in [0.2, 0.25) is 5.02 Å². The van der Waals surface area contributed by atoms with Crippen LogP contribution in [0, 0.1) is 6.92 Å². The van der Waals surface area contributed by atoms with E-state index >= 15 is 0 Å². The van der Waals surface area contributed by atoms with Gasteiger partial charge in [0.25, 0.3) is 5.91 Å². The summed E-state index contributed by atoms with van der Waals surface area (Å²) in [6, 6.07) is 4.99. The molecule has 0 bridgehead atoms. The van der Waals surface area contributed by atoms with Crippen molar-refractivity contribution in [2.45, 2.75) is 19.9 Å². The lowest BCUT2D eigenvalue weighted by atomic mass is 10.1. The summed E-state index contributed by atoms with van der Waals surface area (Å²) in [4.78, 5) is 13.8. The second-order valence-corrected chi connectivity index (χ2v) is 5.08. The number of aryl methyl sites for hydroxylation is 1. The van der Waals surface area contributed by atoms with Crippen molar-refractivity contribution in [1.29, 1.82) is 0 Å². The van der Waals surface area contributed by atoms with Gasteiger partial charge in [-0.05, 0) is 32.0 Å². The number of fused-ring (bicyclic) bond motifs is 1. The van der Waals surface area contributed by atoms with Gasteiger partial charge in [0, 0.05) is 23.0 Å². The first-order chi connectivity index (χ1) is 8.95. The Hall–Kier alpha value is -1.52. The number of aliphatic hydroxyl groups is 1. The summed E-state index contributed by atoms with van der Waals surface area (Å²) in [5.74, 6) is 0.0476. The average Bonchev–Trinajstić information content (AvgIpc) is 2.73. The average molecular weight is 282 g/mol. The van der Waals surface area contributed by atoms with E-state index in [0.717, 1.165) is 10.9 Å². The van der Waals surface area contributed by atoms with Crippen LogP contribution in [0.3, 0.4) is 0 Å². The Morgan fingerprint density at radius 3 is 2.84 bits per heavy atom. The number of furan rings is 1. The molecule has 1 atom stereocenters. The highest BCUT2D eigenvalue weighted by Crippen LogP contribution is 2.28. The van der Waals surface area contributed by atoms with Gasteiger partial charge in [0.1, 0.15) is 5.58 Å². The molecule has 1 aromatic carbocycles. The van der Waals surface area contributed by atoms with Crippen LogP contribution >= 0.6 is 11.6 Å². The molecular formula is C14H16ClNO3. The lowest BCUT2D eigenvalue weighted by molar-refractivity contribution is 0.0652. The number of halogens is 1. The Morgan fingerprint density at radius 1 is 1.53 bits per heavy atom. The van der Waals surface area contributed by atoms with Crippen molar-refractivity contribution in [3.05, 3.63) is 34.5 Å². The molecule has 1 heterocycles. The van der Waals surface area contributed by atoms with Gasteiger partial charge in [0.05, 0.1) is 12.6 Å². The molecule has 102 valence electrons. The lowest BCUT2D eigenvalue weighted by Gasteiger charge is -2.22. The number of nitrogens with zero attached hydrogens (tertiary/aromatic N) is 1. The van der Waals surface area contributed by atoms with Gasteiger partial charge >= 0.3 is 0 Å². The highest BCUT2D eigenvalue weighted by molar-refractivity contribution is 6.31. The number of carbonyl (C=O) groups is 1. The summed E-state index contributed by atoms with van der Waals surface area (Å²) in [6.45, 7) is 3.51. The van der Waals surface area contributed by atoms with E-state index < -0.39 is 0 Å². The van der Waals surface area contributed by atoms with E-state index in [1.807, 2.05) is 6.92 Å². The number of hydrogen-bond acceptors (Lipinski definition) is 3. The molecule has 1 aromatic heterocycles. The first-order valence-electron chi connectivity index (χ1n) is 6.02. The fourth-order valence-corrected chi connectivity index (χ4v) is 2.05. The number of benzene rings is 1. The molecule has 0 fully saturated rings. The number of rotatable bonds is 3. The van der Waals surface area contributed by atoms with Crippen molar-refractivity contribution >= 4 is 28.5 Å². The minimum absolute atomic E-state index is 0.0899. The van der Waals surface area contributed by atoms with E-state index in [0.29, 0.717) is 16.4 Å². The molecule has 5 heteroatoms. The summed E-state index contributed by atoms with van der Waals surface area (Å²) in [7, 11) is 1.64. The van der Waals surface area contributed by atoms with Gasteiger partial charge in [-0.1, -0.05) is 11.6 Å². The summed E-state index contributed by atoms with van der Waals surface area (Å²) < 4.78 is 5.60. The van der Waals surface area contributed by atoms with Crippen molar-refractivity contribution in [3.8, 4) is 0 Å². The molecule has 0 saturated heterocycles. The fourth-order valence-electron chi connectivity index (χ4n) is 1.88. The second kappa shape index (κ2) is 5.23. The third kappa shape index (κ3) is 2.46. The summed E-state index contributed by atoms with van der Waals surface area (Å²) >= 11 is 5.94. The van der Waals surface area contributed by atoms with Gasteiger partial charge in [-0.15, -0.1) is 0 Å². The summed E-state index contributed by atoms with van der Waals surface area (Å²) in [5.41, 5.74) is 1.40. The molecule has 0 radical (unpaired) electrons. The topological polar surface area (TPSA) is 53.7 Å². The number of likely N-dealkylation sites (N-methyl/N-ethyl adjacent to an activating group) is 1. The summed E-state index contributed by atoms with van der Waals surface area (Å²) in [5, 5.41) is 10.5. The first kappa shape index (κ1) is 13.9.